The molecule has 94 valence electrons. The first-order valence-corrected chi connectivity index (χ1v) is 7.92. The van der Waals surface area contributed by atoms with Crippen LogP contribution in [0, 0.1) is 0 Å². The Morgan fingerprint density at radius 3 is 2.88 bits per heavy atom. The Bertz CT molecular complexity index is 417. The molecule has 2 unspecified atom stereocenters. The van der Waals surface area contributed by atoms with Crippen LogP contribution in [0.3, 0.4) is 0 Å². The maximum atomic E-state index is 11.2. The lowest BCUT2D eigenvalue weighted by molar-refractivity contribution is 0.647. The van der Waals surface area contributed by atoms with E-state index in [-0.39, 0.29) is 5.25 Å². The molecule has 0 fully saturated rings. The largest absolute Gasteiger partial charge is 0.311 e. The fraction of sp³-hybridized carbons (Fsp3) is 0.571. The molecule has 0 aromatic heterocycles. The van der Waals surface area contributed by atoms with E-state index >= 15 is 0 Å². The van der Waals surface area contributed by atoms with Crippen LogP contribution < -0.4 is 5.32 Å². The number of aryl methyl sites for hydroxylation is 2. The molecule has 0 spiro atoms. The van der Waals surface area contributed by atoms with Crippen LogP contribution in [0.2, 0.25) is 0 Å². The molecule has 1 N–H and O–H groups in total. The second-order valence-corrected chi connectivity index (χ2v) is 6.70. The fourth-order valence-electron chi connectivity index (χ4n) is 2.27. The van der Waals surface area contributed by atoms with Crippen LogP contribution >= 0.6 is 0 Å². The van der Waals surface area contributed by atoms with Gasteiger partial charge >= 0.3 is 0 Å². The van der Waals surface area contributed by atoms with Crippen molar-refractivity contribution in [2.75, 3.05) is 12.8 Å². The molecule has 0 amide bonds. The van der Waals surface area contributed by atoms with Crippen LogP contribution in [0.5, 0.6) is 0 Å². The fourth-order valence-corrected chi connectivity index (χ4v) is 2.62. The van der Waals surface area contributed by atoms with E-state index in [1.165, 1.54) is 36.0 Å². The Hall–Kier alpha value is -0.670. The molecule has 0 radical (unpaired) electrons. The van der Waals surface area contributed by atoms with Gasteiger partial charge in [-0.3, -0.25) is 4.21 Å². The zero-order valence-electron chi connectivity index (χ0n) is 10.7. The lowest BCUT2D eigenvalue weighted by Crippen LogP contribution is -2.27. The maximum Gasteiger partial charge on any atom is 0.0441 e. The van der Waals surface area contributed by atoms with Gasteiger partial charge < -0.3 is 5.32 Å². The molecular formula is C14H21NOS. The van der Waals surface area contributed by atoms with E-state index in [0.29, 0.717) is 0 Å². The number of benzene rings is 1. The summed E-state index contributed by atoms with van der Waals surface area (Å²) in [5.41, 5.74) is 4.40. The second kappa shape index (κ2) is 5.78. The molecule has 0 bridgehead atoms. The number of hydrogen-bond donors (Lipinski definition) is 1. The highest BCUT2D eigenvalue weighted by Gasteiger charge is 2.11. The summed E-state index contributed by atoms with van der Waals surface area (Å²) in [6, 6.07) is 6.80. The van der Waals surface area contributed by atoms with Crippen LogP contribution in [0.1, 0.15) is 30.0 Å². The molecular weight excluding hydrogens is 230 g/mol. The third-order valence-electron chi connectivity index (χ3n) is 3.49. The summed E-state index contributed by atoms with van der Waals surface area (Å²) in [5.74, 6) is 0. The first-order valence-electron chi connectivity index (χ1n) is 6.30. The zero-order chi connectivity index (χ0) is 12.3. The first kappa shape index (κ1) is 12.8. The first-order chi connectivity index (χ1) is 8.16. The van der Waals surface area contributed by atoms with Crippen molar-refractivity contribution in [3.05, 3.63) is 34.9 Å². The molecule has 17 heavy (non-hydrogen) atoms. The minimum Gasteiger partial charge on any atom is -0.311 e. The molecule has 2 nitrogen and oxygen atoms in total. The van der Waals surface area contributed by atoms with Gasteiger partial charge in [-0.25, -0.2) is 0 Å². The van der Waals surface area contributed by atoms with E-state index in [1.54, 1.807) is 6.26 Å². The van der Waals surface area contributed by atoms with Crippen molar-refractivity contribution < 1.29 is 4.21 Å². The highest BCUT2D eigenvalue weighted by molar-refractivity contribution is 7.84. The van der Waals surface area contributed by atoms with E-state index in [1.807, 2.05) is 6.92 Å². The summed E-state index contributed by atoms with van der Waals surface area (Å²) in [6.45, 7) is 3.72. The van der Waals surface area contributed by atoms with Gasteiger partial charge in [0.15, 0.2) is 0 Å². The lowest BCUT2D eigenvalue weighted by Gasteiger charge is -2.10. The molecule has 0 heterocycles. The van der Waals surface area contributed by atoms with Crippen molar-refractivity contribution in [1.82, 2.24) is 5.32 Å². The Morgan fingerprint density at radius 2 is 2.12 bits per heavy atom. The molecule has 3 heteroatoms. The molecule has 1 aromatic carbocycles. The molecule has 2 atom stereocenters. The van der Waals surface area contributed by atoms with Gasteiger partial charge in [0.05, 0.1) is 0 Å². The summed E-state index contributed by atoms with van der Waals surface area (Å²) in [4.78, 5) is 0. The van der Waals surface area contributed by atoms with Crippen molar-refractivity contribution in [1.29, 1.82) is 0 Å². The third kappa shape index (κ3) is 3.39. The Balaban J connectivity index is 1.85. The van der Waals surface area contributed by atoms with E-state index in [2.05, 4.69) is 23.5 Å². The summed E-state index contributed by atoms with van der Waals surface area (Å²) in [7, 11) is -0.730. The molecule has 1 aromatic rings. The summed E-state index contributed by atoms with van der Waals surface area (Å²) >= 11 is 0. The van der Waals surface area contributed by atoms with Crippen LogP contribution in [0.4, 0.5) is 0 Å². The molecule has 0 saturated heterocycles. The summed E-state index contributed by atoms with van der Waals surface area (Å²) in [6.07, 6.45) is 5.55. The molecule has 0 aliphatic heterocycles. The summed E-state index contributed by atoms with van der Waals surface area (Å²) in [5, 5.41) is 3.61. The standard InChI is InChI=1S/C14H21NOS/c1-11(17(2)16)9-15-10-12-6-7-13-4-3-5-14(13)8-12/h6-8,11,15H,3-5,9-10H2,1-2H3. The number of fused-ring (bicyclic) bond motifs is 1. The van der Waals surface area contributed by atoms with Crippen LogP contribution in [-0.2, 0) is 30.2 Å². The van der Waals surface area contributed by atoms with Gasteiger partial charge in [0.1, 0.15) is 0 Å². The van der Waals surface area contributed by atoms with Gasteiger partial charge in [-0.2, -0.15) is 0 Å². The average Bonchev–Trinajstić information content (AvgIpc) is 2.75. The van der Waals surface area contributed by atoms with Crippen molar-refractivity contribution >= 4 is 10.8 Å². The van der Waals surface area contributed by atoms with Crippen LogP contribution in [0.15, 0.2) is 18.2 Å². The smallest absolute Gasteiger partial charge is 0.0441 e. The SMILES string of the molecule is CC(CNCc1ccc2c(c1)CCC2)S(C)=O. The van der Waals surface area contributed by atoms with Gasteiger partial charge in [0.25, 0.3) is 0 Å². The van der Waals surface area contributed by atoms with Crippen LogP contribution in [-0.4, -0.2) is 22.3 Å². The molecule has 2 rings (SSSR count). The lowest BCUT2D eigenvalue weighted by atomic mass is 10.1. The number of hydrogen-bond acceptors (Lipinski definition) is 2. The van der Waals surface area contributed by atoms with Gasteiger partial charge in [-0.05, 0) is 42.9 Å². The quantitative estimate of drug-likeness (QED) is 0.867. The van der Waals surface area contributed by atoms with E-state index in [4.69, 9.17) is 0 Å². The van der Waals surface area contributed by atoms with E-state index in [9.17, 15) is 4.21 Å². The maximum absolute atomic E-state index is 11.2. The topological polar surface area (TPSA) is 29.1 Å². The van der Waals surface area contributed by atoms with E-state index < -0.39 is 10.8 Å². The zero-order valence-corrected chi connectivity index (χ0v) is 11.5. The predicted molar refractivity (Wildman–Crippen MR) is 73.7 cm³/mol. The summed E-state index contributed by atoms with van der Waals surface area (Å²) < 4.78 is 11.2. The van der Waals surface area contributed by atoms with E-state index in [0.717, 1.165) is 13.1 Å². The predicted octanol–water partition coefficient (Wildman–Crippen LogP) is 2.03. The van der Waals surface area contributed by atoms with Crippen molar-refractivity contribution in [2.24, 2.45) is 0 Å². The Kier molecular flexibility index (Phi) is 4.35. The van der Waals surface area contributed by atoms with Gasteiger partial charge in [-0.15, -0.1) is 0 Å². The minimum atomic E-state index is -0.730. The van der Waals surface area contributed by atoms with Crippen molar-refractivity contribution in [2.45, 2.75) is 38.0 Å². The second-order valence-electron chi connectivity index (χ2n) is 4.90. The average molecular weight is 251 g/mol. The normalized spacial score (nSPS) is 17.8. The number of nitrogens with one attached hydrogen (secondary N) is 1. The molecule has 1 aliphatic rings. The van der Waals surface area contributed by atoms with Gasteiger partial charge in [0, 0.05) is 35.4 Å². The number of rotatable bonds is 5. The van der Waals surface area contributed by atoms with Crippen molar-refractivity contribution in [3.63, 3.8) is 0 Å². The monoisotopic (exact) mass is 251 g/mol. The third-order valence-corrected chi connectivity index (χ3v) is 4.79. The van der Waals surface area contributed by atoms with Crippen LogP contribution in [0.25, 0.3) is 0 Å². The molecule has 0 saturated carbocycles. The van der Waals surface area contributed by atoms with Gasteiger partial charge in [-0.1, -0.05) is 18.2 Å². The Morgan fingerprint density at radius 1 is 1.35 bits per heavy atom. The highest BCUT2D eigenvalue weighted by atomic mass is 32.2. The Labute approximate surface area is 106 Å². The highest BCUT2D eigenvalue weighted by Crippen LogP contribution is 2.22. The minimum absolute atomic E-state index is 0.226. The molecule has 1 aliphatic carbocycles. The van der Waals surface area contributed by atoms with Crippen molar-refractivity contribution in [3.8, 4) is 0 Å². The van der Waals surface area contributed by atoms with Gasteiger partial charge in [0.2, 0.25) is 0 Å².